The number of thiocarbonyl (C=S) groups is 1. The lowest BCUT2D eigenvalue weighted by atomic mass is 10.1. The fourth-order valence-corrected chi connectivity index (χ4v) is 3.42. The number of ether oxygens (including phenoxy) is 2. The summed E-state index contributed by atoms with van der Waals surface area (Å²) >= 11 is 5.22. The quantitative estimate of drug-likeness (QED) is 0.506. The van der Waals surface area contributed by atoms with Crippen LogP contribution in [0.25, 0.3) is 0 Å². The summed E-state index contributed by atoms with van der Waals surface area (Å²) < 4.78 is 15.6. The number of amides is 2. The zero-order valence-corrected chi connectivity index (χ0v) is 18.2. The van der Waals surface area contributed by atoms with Crippen molar-refractivity contribution in [1.82, 2.24) is 15.8 Å². The number of aryl methyl sites for hydroxylation is 2. The fourth-order valence-electron chi connectivity index (χ4n) is 3.21. The van der Waals surface area contributed by atoms with Crippen molar-refractivity contribution in [3.8, 4) is 11.5 Å². The summed E-state index contributed by atoms with van der Waals surface area (Å²) in [6.45, 7) is 3.86. The number of hydrogen-bond acceptors (Lipinski definition) is 7. The highest BCUT2D eigenvalue weighted by Crippen LogP contribution is 2.32. The smallest absolute Gasteiger partial charge is 0.262 e. The standard InChI is InChI=1S/C22H20N4O5S/c1-12-19(13(2)31-26-12)21(28)25-22(32)24-16-5-3-4-15(9-16)20(27)23-10-14-6-7-17-18(8-14)30-11-29-17/h3-9H,10-11H2,1-2H3,(H,23,27)(H2,24,25,28,32). The van der Waals surface area contributed by atoms with Crippen LogP contribution in [0.2, 0.25) is 0 Å². The molecule has 0 unspecified atom stereocenters. The average Bonchev–Trinajstić information content (AvgIpc) is 3.37. The Morgan fingerprint density at radius 2 is 1.88 bits per heavy atom. The van der Waals surface area contributed by atoms with E-state index in [2.05, 4.69) is 21.1 Å². The van der Waals surface area contributed by atoms with Gasteiger partial charge in [0.05, 0.1) is 5.69 Å². The van der Waals surface area contributed by atoms with Crippen LogP contribution < -0.4 is 25.4 Å². The maximum atomic E-state index is 12.6. The summed E-state index contributed by atoms with van der Waals surface area (Å²) in [5.41, 5.74) is 2.70. The van der Waals surface area contributed by atoms with Crippen LogP contribution >= 0.6 is 12.2 Å². The summed E-state index contributed by atoms with van der Waals surface area (Å²) in [4.78, 5) is 25.0. The molecule has 0 bridgehead atoms. The van der Waals surface area contributed by atoms with E-state index in [1.54, 1.807) is 38.1 Å². The lowest BCUT2D eigenvalue weighted by molar-refractivity contribution is 0.0948. The number of aromatic nitrogens is 1. The van der Waals surface area contributed by atoms with Crippen molar-refractivity contribution in [3.05, 3.63) is 70.6 Å². The van der Waals surface area contributed by atoms with E-state index in [9.17, 15) is 9.59 Å². The van der Waals surface area contributed by atoms with Crippen molar-refractivity contribution in [2.45, 2.75) is 20.4 Å². The van der Waals surface area contributed by atoms with E-state index in [-0.39, 0.29) is 17.8 Å². The first-order chi connectivity index (χ1) is 15.4. The van der Waals surface area contributed by atoms with E-state index >= 15 is 0 Å². The molecule has 2 heterocycles. The Labute approximate surface area is 189 Å². The summed E-state index contributed by atoms with van der Waals surface area (Å²) in [7, 11) is 0. The maximum absolute atomic E-state index is 12.6. The number of carbonyl (C=O) groups is 2. The molecule has 164 valence electrons. The third kappa shape index (κ3) is 4.70. The minimum Gasteiger partial charge on any atom is -0.454 e. The van der Waals surface area contributed by atoms with Crippen molar-refractivity contribution in [3.63, 3.8) is 0 Å². The number of anilines is 1. The molecule has 0 spiro atoms. The topological polar surface area (TPSA) is 115 Å². The van der Waals surface area contributed by atoms with Gasteiger partial charge in [0.1, 0.15) is 11.3 Å². The molecule has 0 aliphatic carbocycles. The van der Waals surface area contributed by atoms with Crippen LogP contribution in [-0.2, 0) is 6.54 Å². The van der Waals surface area contributed by atoms with Gasteiger partial charge in [0, 0.05) is 17.8 Å². The zero-order valence-electron chi connectivity index (χ0n) is 17.4. The number of benzene rings is 2. The Balaban J connectivity index is 1.34. The predicted molar refractivity (Wildman–Crippen MR) is 120 cm³/mol. The van der Waals surface area contributed by atoms with E-state index in [4.69, 9.17) is 26.2 Å². The number of nitrogens with zero attached hydrogens (tertiary/aromatic N) is 1. The zero-order chi connectivity index (χ0) is 22.7. The largest absolute Gasteiger partial charge is 0.454 e. The summed E-state index contributed by atoms with van der Waals surface area (Å²) in [6.07, 6.45) is 0. The van der Waals surface area contributed by atoms with Gasteiger partial charge in [0.15, 0.2) is 16.6 Å². The molecular weight excluding hydrogens is 432 g/mol. The van der Waals surface area contributed by atoms with E-state index in [1.807, 2.05) is 18.2 Å². The first kappa shape index (κ1) is 21.3. The summed E-state index contributed by atoms with van der Waals surface area (Å²) in [5, 5.41) is 12.2. The van der Waals surface area contributed by atoms with E-state index in [0.29, 0.717) is 46.3 Å². The molecule has 4 rings (SSSR count). The molecule has 9 nitrogen and oxygen atoms in total. The number of carbonyl (C=O) groups excluding carboxylic acids is 2. The van der Waals surface area contributed by atoms with Crippen LogP contribution in [-0.4, -0.2) is 28.9 Å². The predicted octanol–water partition coefficient (Wildman–Crippen LogP) is 3.08. The highest BCUT2D eigenvalue weighted by Gasteiger charge is 2.18. The first-order valence-corrected chi connectivity index (χ1v) is 10.1. The Kier molecular flexibility index (Phi) is 6.04. The molecule has 1 aromatic heterocycles. The minimum absolute atomic E-state index is 0.0907. The van der Waals surface area contributed by atoms with Gasteiger partial charge in [-0.3, -0.25) is 14.9 Å². The van der Waals surface area contributed by atoms with Gasteiger partial charge in [0.2, 0.25) is 6.79 Å². The second-order valence-corrected chi connectivity index (χ2v) is 7.47. The molecule has 1 aliphatic heterocycles. The van der Waals surface area contributed by atoms with Gasteiger partial charge in [-0.1, -0.05) is 17.3 Å². The van der Waals surface area contributed by atoms with Crippen molar-refractivity contribution >= 4 is 34.8 Å². The van der Waals surface area contributed by atoms with Gasteiger partial charge in [-0.2, -0.15) is 0 Å². The van der Waals surface area contributed by atoms with Gasteiger partial charge < -0.3 is 24.6 Å². The number of hydrogen-bond donors (Lipinski definition) is 3. The highest BCUT2D eigenvalue weighted by molar-refractivity contribution is 7.80. The van der Waals surface area contributed by atoms with Crippen molar-refractivity contribution in [1.29, 1.82) is 0 Å². The molecule has 0 saturated carbocycles. The Morgan fingerprint density at radius 3 is 2.66 bits per heavy atom. The van der Waals surface area contributed by atoms with Crippen LogP contribution in [0.3, 0.4) is 0 Å². The molecule has 0 atom stereocenters. The minimum atomic E-state index is -0.420. The molecule has 32 heavy (non-hydrogen) atoms. The maximum Gasteiger partial charge on any atom is 0.262 e. The van der Waals surface area contributed by atoms with Crippen LogP contribution in [0.5, 0.6) is 11.5 Å². The lowest BCUT2D eigenvalue weighted by Gasteiger charge is -2.11. The van der Waals surface area contributed by atoms with Gasteiger partial charge in [-0.05, 0) is 62.0 Å². The van der Waals surface area contributed by atoms with Gasteiger partial charge >= 0.3 is 0 Å². The molecule has 0 radical (unpaired) electrons. The SMILES string of the molecule is Cc1noc(C)c1C(=O)NC(=S)Nc1cccc(C(=O)NCc2ccc3c(c2)OCO3)c1. The summed E-state index contributed by atoms with van der Waals surface area (Å²) in [6, 6.07) is 12.3. The molecule has 2 aromatic carbocycles. The van der Waals surface area contributed by atoms with E-state index in [0.717, 1.165) is 5.56 Å². The second kappa shape index (κ2) is 9.06. The van der Waals surface area contributed by atoms with Gasteiger partial charge in [-0.25, -0.2) is 0 Å². The normalized spacial score (nSPS) is 11.7. The van der Waals surface area contributed by atoms with Crippen LogP contribution in [0.4, 0.5) is 5.69 Å². The van der Waals surface area contributed by atoms with Crippen molar-refractivity contribution in [2.75, 3.05) is 12.1 Å². The Hall–Kier alpha value is -3.92. The van der Waals surface area contributed by atoms with Gasteiger partial charge in [-0.15, -0.1) is 0 Å². The lowest BCUT2D eigenvalue weighted by Crippen LogP contribution is -2.34. The fraction of sp³-hybridized carbons (Fsp3) is 0.182. The number of rotatable bonds is 5. The summed E-state index contributed by atoms with van der Waals surface area (Å²) in [5.74, 6) is 1.09. The Bertz CT molecular complexity index is 1190. The van der Waals surface area contributed by atoms with Crippen molar-refractivity contribution in [2.24, 2.45) is 0 Å². The van der Waals surface area contributed by atoms with E-state index in [1.165, 1.54) is 0 Å². The highest BCUT2D eigenvalue weighted by atomic mass is 32.1. The van der Waals surface area contributed by atoms with Crippen LogP contribution in [0, 0.1) is 13.8 Å². The molecule has 1 aliphatic rings. The van der Waals surface area contributed by atoms with Gasteiger partial charge in [0.25, 0.3) is 11.8 Å². The molecule has 0 saturated heterocycles. The van der Waals surface area contributed by atoms with Crippen molar-refractivity contribution < 1.29 is 23.6 Å². The van der Waals surface area contributed by atoms with E-state index < -0.39 is 5.91 Å². The second-order valence-electron chi connectivity index (χ2n) is 7.06. The Morgan fingerprint density at radius 1 is 1.06 bits per heavy atom. The third-order valence-electron chi connectivity index (χ3n) is 4.76. The molecule has 2 amide bonds. The molecular formula is C22H20N4O5S. The average molecular weight is 452 g/mol. The monoisotopic (exact) mass is 452 g/mol. The number of nitrogens with one attached hydrogen (secondary N) is 3. The molecule has 10 heteroatoms. The molecule has 3 N–H and O–H groups in total. The van der Waals surface area contributed by atoms with Crippen LogP contribution in [0.1, 0.15) is 37.7 Å². The first-order valence-electron chi connectivity index (χ1n) is 9.72. The number of fused-ring (bicyclic) bond motifs is 1. The van der Waals surface area contributed by atoms with Crippen LogP contribution in [0.15, 0.2) is 47.0 Å². The molecule has 0 fully saturated rings. The third-order valence-corrected chi connectivity index (χ3v) is 4.96. The molecule has 3 aromatic rings.